The second-order valence-electron chi connectivity index (χ2n) is 31.0. The molecule has 2 aliphatic carbocycles. The molecule has 0 bridgehead atoms. The Morgan fingerprint density at radius 1 is 0.500 bits per heavy atom. The van der Waals surface area contributed by atoms with Crippen LogP contribution in [0.2, 0.25) is 0 Å². The van der Waals surface area contributed by atoms with Gasteiger partial charge in [0.05, 0.1) is 111 Å². The third-order valence-corrected chi connectivity index (χ3v) is 22.9. The van der Waals surface area contributed by atoms with Crippen LogP contribution in [-0.2, 0) is 144 Å². The summed E-state index contributed by atoms with van der Waals surface area (Å²) in [5.41, 5.74) is 6.33. The van der Waals surface area contributed by atoms with Crippen LogP contribution >= 0.6 is 0 Å². The number of carbonyl (C=O) groups is 11. The number of imide groups is 1. The van der Waals surface area contributed by atoms with Gasteiger partial charge in [0.25, 0.3) is 22.9 Å². The lowest BCUT2D eigenvalue weighted by Gasteiger charge is -2.31. The Morgan fingerprint density at radius 2 is 0.897 bits per heavy atom. The minimum atomic E-state index is -1.96. The number of esters is 2. The summed E-state index contributed by atoms with van der Waals surface area (Å²) in [6, 6.07) is 6.45. The van der Waals surface area contributed by atoms with E-state index in [0.717, 1.165) is 74.0 Å². The molecule has 116 heavy (non-hydrogen) atoms. The predicted molar refractivity (Wildman–Crippen MR) is 419 cm³/mol. The van der Waals surface area contributed by atoms with Crippen molar-refractivity contribution in [1.82, 2.24) is 50.2 Å². The third-order valence-electron chi connectivity index (χ3n) is 22.9. The van der Waals surface area contributed by atoms with Gasteiger partial charge in [-0.3, -0.25) is 57.6 Å². The Labute approximate surface area is 667 Å². The number of aliphatic hydroxyl groups is 2. The zero-order valence-electron chi connectivity index (χ0n) is 66.3. The number of aryl methyl sites for hydroxylation is 4. The molecule has 0 spiro atoms. The van der Waals surface area contributed by atoms with Crippen LogP contribution in [0.25, 0.3) is 44.6 Å². The topological polar surface area (TPSA) is 432 Å². The molecular formula is C83H98N12O21. The molecule has 0 radical (unpaired) electrons. The average molecular weight is 1600 g/mol. The third kappa shape index (κ3) is 16.5. The fraction of sp³-hybridized carbons (Fsp3) is 0.506. The van der Waals surface area contributed by atoms with Gasteiger partial charge in [0.2, 0.25) is 41.4 Å². The number of carbonyl (C=O) groups excluding carboxylic acids is 11. The molecule has 5 aliphatic heterocycles. The van der Waals surface area contributed by atoms with Crippen molar-refractivity contribution in [2.24, 2.45) is 11.8 Å². The van der Waals surface area contributed by atoms with Gasteiger partial charge >= 0.3 is 11.9 Å². The summed E-state index contributed by atoms with van der Waals surface area (Å²) in [6.45, 7) is 14.0. The molecule has 13 rings (SSSR count). The van der Waals surface area contributed by atoms with Crippen molar-refractivity contribution in [3.8, 4) is 22.8 Å². The molecule has 0 unspecified atom stereocenters. The Kier molecular flexibility index (Phi) is 24.9. The number of hydrogen-bond acceptors (Lipinski definition) is 23. The molecule has 4 aromatic heterocycles. The standard InChI is InChI=1S/C83H98N12O21/c1-9-82(109)55-37-61-72-51(39-94(61)78(105)53(55)41-115-80(82)107)47-13-11-15-49-57(17-19-59(86-72)68(47)49)88-74(101)45(7)84-76(103)70(43(3)4)90-63(96)24-29-111-33-35-113-31-27-92(65(98)23-26-93-66(99)21-22-67(93)100)28-32-114-36-34-112-30-25-64(97)91-71(44(5)6)77(104)85-46(8)75(102)89-58-18-20-60-69-48(14-12-16-50(58)69)52-40-95-62(73(52)87-60)38-56-54(79(95)106)42-116-81(108)83(56,110)10-2/h17-22,37-38,43-46,70-71,109-110H,9-16,23-36,39-42H2,1-8H3,(H,84,103)(H,85,104)(H,88,101)(H,89,102)(H,90,96)(H,91,97)/t45-,46-,70-,71-,82-,83-/m0/s1. The van der Waals surface area contributed by atoms with Gasteiger partial charge in [-0.05, 0) is 136 Å². The minimum absolute atomic E-state index is 0.0179. The molecule has 0 saturated heterocycles. The lowest BCUT2D eigenvalue weighted by Crippen LogP contribution is -2.53. The van der Waals surface area contributed by atoms with Crippen LogP contribution in [0.4, 0.5) is 11.4 Å². The Balaban J connectivity index is 0.514. The number of anilines is 2. The van der Waals surface area contributed by atoms with E-state index in [0.29, 0.717) is 70.9 Å². The highest BCUT2D eigenvalue weighted by atomic mass is 16.6. The number of amides is 9. The zero-order valence-corrected chi connectivity index (χ0v) is 66.3. The fourth-order valence-corrected chi connectivity index (χ4v) is 16.4. The SMILES string of the molecule is CC[C@@]1(O)C(=O)OCc2c1cc1n(c2=O)Cc2c-1nc1ccc(NC(=O)[C@H](C)NC(=O)[C@@H](NC(=O)CCOCCOCCN(CCOCCOCCC(=O)N[C@H](C(=O)N[C@@H](C)C(=O)Nc3ccc4nc5c(c6c4c3CCC6)Cn3c-5cc4c(c3=O)COC(=O)[C@]4(O)CC)C(C)C)C(=O)CCN3C(=O)C=CC3=O)C(C)C)c3c1c2CCC3. The summed E-state index contributed by atoms with van der Waals surface area (Å²) < 4.78 is 36.6. The molecule has 6 aromatic rings. The molecule has 2 aromatic carbocycles. The molecule has 9 heterocycles. The summed E-state index contributed by atoms with van der Waals surface area (Å²) >= 11 is 0. The van der Waals surface area contributed by atoms with Crippen molar-refractivity contribution < 1.29 is 91.4 Å². The Morgan fingerprint density at radius 3 is 1.29 bits per heavy atom. The van der Waals surface area contributed by atoms with E-state index in [4.69, 9.17) is 38.4 Å². The number of rotatable bonds is 35. The van der Waals surface area contributed by atoms with Crippen molar-refractivity contribution in [2.45, 2.75) is 188 Å². The van der Waals surface area contributed by atoms with Crippen molar-refractivity contribution in [3.05, 3.63) is 125 Å². The number of ether oxygens (including phenoxy) is 6. The van der Waals surface area contributed by atoms with Crippen LogP contribution in [0.1, 0.15) is 156 Å². The van der Waals surface area contributed by atoms with Gasteiger partial charge in [0.15, 0.2) is 11.2 Å². The summed E-state index contributed by atoms with van der Waals surface area (Å²) in [7, 11) is 0. The summed E-state index contributed by atoms with van der Waals surface area (Å²) in [5, 5.41) is 41.5. The van der Waals surface area contributed by atoms with Crippen LogP contribution in [-0.4, -0.2) is 201 Å². The smallest absolute Gasteiger partial charge is 0.343 e. The van der Waals surface area contributed by atoms with Crippen molar-refractivity contribution >= 4 is 98.3 Å². The van der Waals surface area contributed by atoms with Crippen LogP contribution < -0.4 is 43.0 Å². The van der Waals surface area contributed by atoms with E-state index in [2.05, 4.69) is 31.9 Å². The molecule has 8 N–H and O–H groups in total. The minimum Gasteiger partial charge on any atom is -0.458 e. The van der Waals surface area contributed by atoms with E-state index in [1.807, 2.05) is 0 Å². The molecule has 7 aliphatic rings. The first-order valence-corrected chi connectivity index (χ1v) is 39.8. The van der Waals surface area contributed by atoms with E-state index >= 15 is 0 Å². The highest BCUT2D eigenvalue weighted by Crippen LogP contribution is 2.46. The number of fused-ring (bicyclic) bond motifs is 10. The zero-order chi connectivity index (χ0) is 82.8. The molecule has 616 valence electrons. The quantitative estimate of drug-likeness (QED) is 0.0160. The average Bonchev–Trinajstić information content (AvgIpc) is 1.54. The molecular weight excluding hydrogens is 1500 g/mol. The number of cyclic esters (lactones) is 2. The number of nitrogens with zero attached hydrogens (tertiary/aromatic N) is 6. The summed E-state index contributed by atoms with van der Waals surface area (Å²) in [4.78, 5) is 185. The monoisotopic (exact) mass is 1600 g/mol. The molecule has 33 nitrogen and oxygen atoms in total. The highest BCUT2D eigenvalue weighted by Gasteiger charge is 2.48. The lowest BCUT2D eigenvalue weighted by atomic mass is 9.85. The first kappa shape index (κ1) is 83.0. The first-order valence-electron chi connectivity index (χ1n) is 39.8. The Bertz CT molecular complexity index is 4880. The number of hydrogen-bond donors (Lipinski definition) is 8. The van der Waals surface area contributed by atoms with Crippen molar-refractivity contribution in [1.29, 1.82) is 0 Å². The van der Waals surface area contributed by atoms with Gasteiger partial charge in [-0.1, -0.05) is 41.5 Å². The van der Waals surface area contributed by atoms with Crippen LogP contribution in [0, 0.1) is 11.8 Å². The first-order chi connectivity index (χ1) is 55.5. The van der Waals surface area contributed by atoms with E-state index < -0.39 is 94.6 Å². The van der Waals surface area contributed by atoms with E-state index in [1.165, 1.54) is 4.90 Å². The lowest BCUT2D eigenvalue weighted by molar-refractivity contribution is -0.172. The van der Waals surface area contributed by atoms with E-state index in [1.54, 1.807) is 101 Å². The number of aromatic nitrogens is 4. The van der Waals surface area contributed by atoms with Gasteiger partial charge in [-0.25, -0.2) is 19.6 Å². The number of nitrogens with one attached hydrogen (secondary N) is 6. The molecule has 33 heteroatoms. The van der Waals surface area contributed by atoms with Crippen LogP contribution in [0.5, 0.6) is 0 Å². The maximum atomic E-state index is 13.9. The highest BCUT2D eigenvalue weighted by molar-refractivity contribution is 6.13. The molecule has 9 amide bonds. The second kappa shape index (κ2) is 34.8. The summed E-state index contributed by atoms with van der Waals surface area (Å²) in [6.07, 6.45) is 6.08. The normalized spacial score (nSPS) is 18.3. The van der Waals surface area contributed by atoms with Crippen LogP contribution in [0.15, 0.2) is 58.1 Å². The van der Waals surface area contributed by atoms with Crippen LogP contribution in [0.3, 0.4) is 0 Å². The molecule has 0 saturated carbocycles. The van der Waals surface area contributed by atoms with E-state index in [-0.39, 0.29) is 182 Å². The van der Waals surface area contributed by atoms with Gasteiger partial charge in [0.1, 0.15) is 37.4 Å². The van der Waals surface area contributed by atoms with Gasteiger partial charge in [-0.2, -0.15) is 0 Å². The fourth-order valence-electron chi connectivity index (χ4n) is 16.4. The van der Waals surface area contributed by atoms with Gasteiger partial charge < -0.3 is 84.6 Å². The Hall–Kier alpha value is -11.0. The maximum absolute atomic E-state index is 13.9. The largest absolute Gasteiger partial charge is 0.458 e. The van der Waals surface area contributed by atoms with Crippen molar-refractivity contribution in [2.75, 3.05) is 83.1 Å². The van der Waals surface area contributed by atoms with Gasteiger partial charge in [-0.15, -0.1) is 0 Å². The van der Waals surface area contributed by atoms with E-state index in [9.17, 15) is 72.5 Å². The number of pyridine rings is 4. The summed E-state index contributed by atoms with van der Waals surface area (Å²) in [5.74, 6) is -6.80. The predicted octanol–water partition coefficient (Wildman–Crippen LogP) is 3.31. The molecule has 6 atom stereocenters. The van der Waals surface area contributed by atoms with Gasteiger partial charge in [0, 0.05) is 95.4 Å². The second-order valence-corrected chi connectivity index (χ2v) is 31.0. The maximum Gasteiger partial charge on any atom is 0.343 e. The van der Waals surface area contributed by atoms with Crippen molar-refractivity contribution in [3.63, 3.8) is 0 Å². The molecule has 0 fully saturated rings. The number of benzene rings is 2.